The van der Waals surface area contributed by atoms with E-state index < -0.39 is 6.10 Å². The first-order valence-corrected chi connectivity index (χ1v) is 10.3. The maximum atomic E-state index is 10.1. The quantitative estimate of drug-likeness (QED) is 0.742. The van der Waals surface area contributed by atoms with Crippen molar-refractivity contribution in [1.82, 2.24) is 0 Å². The molecule has 0 aliphatic carbocycles. The summed E-state index contributed by atoms with van der Waals surface area (Å²) in [5.74, 6) is 1.04. The summed E-state index contributed by atoms with van der Waals surface area (Å²) in [4.78, 5) is 1.25. The molecule has 0 amide bonds. The average molecular weight is 384 g/mol. The molecule has 142 valence electrons. The third-order valence-corrected chi connectivity index (χ3v) is 5.73. The lowest BCUT2D eigenvalue weighted by atomic mass is 9.92. The summed E-state index contributed by atoms with van der Waals surface area (Å²) < 4.78 is 5.92. The van der Waals surface area contributed by atoms with Crippen LogP contribution in [0.4, 0.5) is 0 Å². The fourth-order valence-electron chi connectivity index (χ4n) is 3.48. The Hall–Kier alpha value is -1.84. The highest BCUT2D eigenvalue weighted by Crippen LogP contribution is 2.33. The van der Waals surface area contributed by atoms with Crippen LogP contribution < -0.4 is 0 Å². The zero-order chi connectivity index (χ0) is 19.2. The molecule has 3 rings (SSSR count). The fraction of sp³-hybridized carbons (Fsp3) is 0.409. The number of thioether (sulfide) groups is 1. The van der Waals surface area contributed by atoms with Crippen molar-refractivity contribution < 1.29 is 14.9 Å². The molecule has 5 heteroatoms. The largest absolute Gasteiger partial charge is 0.394 e. The second-order valence-electron chi connectivity index (χ2n) is 6.84. The van der Waals surface area contributed by atoms with Gasteiger partial charge in [-0.15, -0.1) is 11.8 Å². The van der Waals surface area contributed by atoms with Gasteiger partial charge in [-0.05, 0) is 47.1 Å². The van der Waals surface area contributed by atoms with Gasteiger partial charge in [0.25, 0.3) is 0 Å². The van der Waals surface area contributed by atoms with Gasteiger partial charge < -0.3 is 14.9 Å². The predicted molar refractivity (Wildman–Crippen MR) is 107 cm³/mol. The maximum absolute atomic E-state index is 10.1. The minimum absolute atomic E-state index is 0.0984. The van der Waals surface area contributed by atoms with E-state index in [4.69, 9.17) is 4.74 Å². The van der Waals surface area contributed by atoms with Crippen LogP contribution in [0.3, 0.4) is 0 Å². The number of aliphatic hydroxyl groups is 2. The molecule has 27 heavy (non-hydrogen) atoms. The van der Waals surface area contributed by atoms with E-state index in [1.54, 1.807) is 0 Å². The van der Waals surface area contributed by atoms with E-state index in [0.717, 1.165) is 22.4 Å². The van der Waals surface area contributed by atoms with Crippen LogP contribution in [0.25, 0.3) is 0 Å². The van der Waals surface area contributed by atoms with Gasteiger partial charge in [-0.25, -0.2) is 0 Å². The molecule has 1 heterocycles. The van der Waals surface area contributed by atoms with Crippen molar-refractivity contribution in [1.29, 1.82) is 5.26 Å². The molecule has 2 aromatic carbocycles. The van der Waals surface area contributed by atoms with Gasteiger partial charge in [0.2, 0.25) is 0 Å². The van der Waals surface area contributed by atoms with Gasteiger partial charge in [-0.3, -0.25) is 0 Å². The van der Waals surface area contributed by atoms with Crippen LogP contribution >= 0.6 is 11.8 Å². The Bertz CT molecular complexity index is 800. The summed E-state index contributed by atoms with van der Waals surface area (Å²) in [5.41, 5.74) is 3.71. The fourth-order valence-corrected chi connectivity index (χ4v) is 4.14. The lowest BCUT2D eigenvalue weighted by Crippen LogP contribution is -2.33. The van der Waals surface area contributed by atoms with Crippen molar-refractivity contribution in [2.75, 3.05) is 12.4 Å². The first-order chi connectivity index (χ1) is 13.1. The first kappa shape index (κ1) is 19.9. The molecule has 4 nitrogen and oxygen atoms in total. The van der Waals surface area contributed by atoms with Crippen molar-refractivity contribution in [3.63, 3.8) is 0 Å². The Morgan fingerprint density at radius 1 is 1.19 bits per heavy atom. The van der Waals surface area contributed by atoms with Crippen LogP contribution in [-0.4, -0.2) is 34.8 Å². The van der Waals surface area contributed by atoms with Crippen LogP contribution in [0.2, 0.25) is 0 Å². The maximum Gasteiger partial charge on any atom is 0.0994 e. The third kappa shape index (κ3) is 5.12. The van der Waals surface area contributed by atoms with Gasteiger partial charge >= 0.3 is 0 Å². The summed E-state index contributed by atoms with van der Waals surface area (Å²) in [5, 5.41) is 28.9. The summed E-state index contributed by atoms with van der Waals surface area (Å²) in [6.07, 6.45) is 0.543. The smallest absolute Gasteiger partial charge is 0.0994 e. The minimum atomic E-state index is -0.483. The number of benzene rings is 2. The van der Waals surface area contributed by atoms with Gasteiger partial charge in [-0.1, -0.05) is 31.2 Å². The van der Waals surface area contributed by atoms with E-state index in [1.165, 1.54) is 4.90 Å². The molecule has 0 radical (unpaired) electrons. The lowest BCUT2D eigenvalue weighted by molar-refractivity contribution is -0.113. The molecular weight excluding hydrogens is 358 g/mol. The van der Waals surface area contributed by atoms with Crippen LogP contribution in [-0.2, 0) is 11.2 Å². The molecule has 0 aromatic heterocycles. The molecular formula is C22H25NO3S. The van der Waals surface area contributed by atoms with Crippen molar-refractivity contribution in [3.05, 3.63) is 64.7 Å². The number of nitriles is 1. The third-order valence-electron chi connectivity index (χ3n) is 4.83. The predicted octanol–water partition coefficient (Wildman–Crippen LogP) is 3.83. The zero-order valence-corrected chi connectivity index (χ0v) is 16.3. The summed E-state index contributed by atoms with van der Waals surface area (Å²) in [6, 6.07) is 16.4. The van der Waals surface area contributed by atoms with Crippen LogP contribution in [0.1, 0.15) is 48.1 Å². The van der Waals surface area contributed by atoms with Gasteiger partial charge in [0.1, 0.15) is 0 Å². The van der Waals surface area contributed by atoms with Crippen molar-refractivity contribution >= 4 is 11.8 Å². The SMILES string of the molecule is CCSc1ccc(Cc2cc(C3CC(O)CC(CO)O3)ccc2C#N)cc1. The Labute approximate surface area is 164 Å². The Balaban J connectivity index is 1.82. The van der Waals surface area contributed by atoms with Gasteiger partial charge in [0.05, 0.1) is 36.6 Å². The standard InChI is InChI=1S/C22H25NO3S/c1-2-27-21-7-3-15(4-8-21)9-18-10-16(5-6-17(18)13-23)22-12-19(25)11-20(14-24)26-22/h3-8,10,19-20,22,24-25H,2,9,11-12,14H2,1H3. The molecule has 2 N–H and O–H groups in total. The molecule has 1 fully saturated rings. The number of rotatable bonds is 6. The highest BCUT2D eigenvalue weighted by Gasteiger charge is 2.29. The number of nitrogens with zero attached hydrogens (tertiary/aromatic N) is 1. The Morgan fingerprint density at radius 2 is 1.96 bits per heavy atom. The number of aliphatic hydroxyl groups excluding tert-OH is 2. The second kappa shape index (κ2) is 9.38. The van der Waals surface area contributed by atoms with Crippen molar-refractivity contribution in [2.45, 2.75) is 49.4 Å². The van der Waals surface area contributed by atoms with E-state index in [-0.39, 0.29) is 18.8 Å². The summed E-state index contributed by atoms with van der Waals surface area (Å²) in [6.45, 7) is 2.04. The minimum Gasteiger partial charge on any atom is -0.394 e. The highest BCUT2D eigenvalue weighted by molar-refractivity contribution is 7.99. The van der Waals surface area contributed by atoms with Crippen molar-refractivity contribution in [3.8, 4) is 6.07 Å². The van der Waals surface area contributed by atoms with Crippen LogP contribution in [0, 0.1) is 11.3 Å². The van der Waals surface area contributed by atoms with Gasteiger partial charge in [0, 0.05) is 17.7 Å². The van der Waals surface area contributed by atoms with E-state index in [2.05, 4.69) is 37.3 Å². The van der Waals surface area contributed by atoms with E-state index in [9.17, 15) is 15.5 Å². The van der Waals surface area contributed by atoms with Gasteiger partial charge in [0.15, 0.2) is 0 Å². The van der Waals surface area contributed by atoms with Gasteiger partial charge in [-0.2, -0.15) is 5.26 Å². The topological polar surface area (TPSA) is 73.5 Å². The monoisotopic (exact) mass is 383 g/mol. The first-order valence-electron chi connectivity index (χ1n) is 9.32. The van der Waals surface area contributed by atoms with Crippen molar-refractivity contribution in [2.24, 2.45) is 0 Å². The normalized spacial score (nSPS) is 22.4. The van der Waals surface area contributed by atoms with Crippen LogP contribution in [0.5, 0.6) is 0 Å². The number of hydrogen-bond acceptors (Lipinski definition) is 5. The molecule has 3 atom stereocenters. The average Bonchev–Trinajstić information content (AvgIpc) is 2.69. The lowest BCUT2D eigenvalue weighted by Gasteiger charge is -2.32. The zero-order valence-electron chi connectivity index (χ0n) is 15.5. The molecule has 0 spiro atoms. The van der Waals surface area contributed by atoms with E-state index >= 15 is 0 Å². The van der Waals surface area contributed by atoms with E-state index in [1.807, 2.05) is 30.0 Å². The molecule has 3 unspecified atom stereocenters. The number of ether oxygens (including phenoxy) is 1. The summed E-state index contributed by atoms with van der Waals surface area (Å²) in [7, 11) is 0. The number of hydrogen-bond donors (Lipinski definition) is 2. The molecule has 0 bridgehead atoms. The molecule has 1 aliphatic rings. The second-order valence-corrected chi connectivity index (χ2v) is 8.17. The molecule has 1 saturated heterocycles. The Kier molecular flexibility index (Phi) is 6.92. The Morgan fingerprint density at radius 3 is 2.63 bits per heavy atom. The van der Waals surface area contributed by atoms with E-state index in [0.29, 0.717) is 24.8 Å². The summed E-state index contributed by atoms with van der Waals surface area (Å²) >= 11 is 1.81. The van der Waals surface area contributed by atoms with Crippen LogP contribution in [0.15, 0.2) is 47.4 Å². The molecule has 0 saturated carbocycles. The molecule has 2 aromatic rings. The molecule has 1 aliphatic heterocycles. The highest BCUT2D eigenvalue weighted by atomic mass is 32.2.